The highest BCUT2D eigenvalue weighted by atomic mass is 16.5. The number of carboxylic acids is 1. The van der Waals surface area contributed by atoms with Crippen molar-refractivity contribution in [1.29, 1.82) is 0 Å². The van der Waals surface area contributed by atoms with E-state index in [2.05, 4.69) is 29.2 Å². The monoisotopic (exact) mass is 325 g/mol. The Labute approximate surface area is 143 Å². The molecule has 0 unspecified atom stereocenters. The molecule has 0 fully saturated rings. The predicted molar refractivity (Wildman–Crippen MR) is 96.0 cm³/mol. The summed E-state index contributed by atoms with van der Waals surface area (Å²) in [5.74, 6) is -0.899. The van der Waals surface area contributed by atoms with Crippen molar-refractivity contribution in [2.75, 3.05) is 26.8 Å². The van der Waals surface area contributed by atoms with E-state index in [0.29, 0.717) is 12.2 Å². The van der Waals surface area contributed by atoms with Crippen molar-refractivity contribution in [3.05, 3.63) is 77.4 Å². The van der Waals surface area contributed by atoms with Gasteiger partial charge in [0.1, 0.15) is 0 Å². The van der Waals surface area contributed by atoms with E-state index in [1.54, 1.807) is 19.2 Å². The minimum Gasteiger partial charge on any atom is -0.478 e. The molecule has 0 saturated heterocycles. The summed E-state index contributed by atoms with van der Waals surface area (Å²) in [6, 6.07) is 17.2. The summed E-state index contributed by atoms with van der Waals surface area (Å²) in [6.07, 6.45) is 4.24. The van der Waals surface area contributed by atoms with Gasteiger partial charge < -0.3 is 9.84 Å². The third kappa shape index (κ3) is 5.99. The van der Waals surface area contributed by atoms with Crippen LogP contribution >= 0.6 is 0 Å². The maximum Gasteiger partial charge on any atom is 0.335 e. The molecule has 0 bridgehead atoms. The van der Waals surface area contributed by atoms with Crippen LogP contribution in [0.1, 0.15) is 21.5 Å². The van der Waals surface area contributed by atoms with Gasteiger partial charge in [0.2, 0.25) is 0 Å². The number of hydrogen-bond donors (Lipinski definition) is 1. The van der Waals surface area contributed by atoms with Crippen LogP contribution in [0.25, 0.3) is 6.08 Å². The molecule has 0 radical (unpaired) electrons. The first kappa shape index (κ1) is 17.9. The van der Waals surface area contributed by atoms with Crippen molar-refractivity contribution >= 4 is 12.0 Å². The third-order valence-corrected chi connectivity index (χ3v) is 3.69. The minimum atomic E-state index is -0.899. The molecule has 0 aliphatic heterocycles. The van der Waals surface area contributed by atoms with Gasteiger partial charge in [-0.3, -0.25) is 4.90 Å². The molecule has 2 aromatic carbocycles. The molecule has 4 heteroatoms. The van der Waals surface area contributed by atoms with E-state index in [9.17, 15) is 4.79 Å². The number of aromatic carboxylic acids is 1. The van der Waals surface area contributed by atoms with Crippen molar-refractivity contribution in [3.8, 4) is 0 Å². The highest BCUT2D eigenvalue weighted by molar-refractivity contribution is 5.87. The van der Waals surface area contributed by atoms with Gasteiger partial charge in [0.25, 0.3) is 0 Å². The fourth-order valence-electron chi connectivity index (χ4n) is 2.37. The SMILES string of the molecule is COCCN(C/C=C/c1ccccc1)Cc1ccc(C(=O)O)cc1. The molecular weight excluding hydrogens is 302 g/mol. The predicted octanol–water partition coefficient (Wildman–Crippen LogP) is 3.55. The first-order chi connectivity index (χ1) is 11.7. The summed E-state index contributed by atoms with van der Waals surface area (Å²) in [7, 11) is 1.69. The molecule has 0 heterocycles. The number of methoxy groups -OCH3 is 1. The third-order valence-electron chi connectivity index (χ3n) is 3.69. The maximum absolute atomic E-state index is 10.9. The first-order valence-electron chi connectivity index (χ1n) is 7.94. The van der Waals surface area contributed by atoms with E-state index in [4.69, 9.17) is 9.84 Å². The molecule has 24 heavy (non-hydrogen) atoms. The number of carboxylic acid groups (broad SMARTS) is 1. The Morgan fingerprint density at radius 1 is 1.12 bits per heavy atom. The normalized spacial score (nSPS) is 11.2. The van der Waals surface area contributed by atoms with E-state index in [0.717, 1.165) is 25.2 Å². The van der Waals surface area contributed by atoms with Crippen LogP contribution in [-0.4, -0.2) is 42.8 Å². The Morgan fingerprint density at radius 3 is 2.46 bits per heavy atom. The van der Waals surface area contributed by atoms with E-state index in [1.807, 2.05) is 30.3 Å². The topological polar surface area (TPSA) is 49.8 Å². The van der Waals surface area contributed by atoms with Crippen LogP contribution in [0.2, 0.25) is 0 Å². The van der Waals surface area contributed by atoms with Gasteiger partial charge in [0, 0.05) is 26.7 Å². The summed E-state index contributed by atoms with van der Waals surface area (Å²) in [5, 5.41) is 8.96. The molecule has 126 valence electrons. The Balaban J connectivity index is 1.96. The number of nitrogens with zero attached hydrogens (tertiary/aromatic N) is 1. The molecule has 0 aliphatic rings. The molecule has 0 aliphatic carbocycles. The number of benzene rings is 2. The van der Waals surface area contributed by atoms with E-state index in [1.165, 1.54) is 5.56 Å². The molecule has 0 aromatic heterocycles. The van der Waals surface area contributed by atoms with Crippen LogP contribution in [0, 0.1) is 0 Å². The lowest BCUT2D eigenvalue weighted by molar-refractivity contribution is 0.0697. The second kappa shape index (κ2) is 9.65. The Hall–Kier alpha value is -2.43. The summed E-state index contributed by atoms with van der Waals surface area (Å²) >= 11 is 0. The maximum atomic E-state index is 10.9. The van der Waals surface area contributed by atoms with Crippen LogP contribution in [0.4, 0.5) is 0 Å². The zero-order valence-electron chi connectivity index (χ0n) is 13.9. The number of ether oxygens (including phenoxy) is 1. The van der Waals surface area contributed by atoms with Gasteiger partial charge in [-0.1, -0.05) is 54.6 Å². The lowest BCUT2D eigenvalue weighted by Crippen LogP contribution is -2.27. The number of hydrogen-bond acceptors (Lipinski definition) is 3. The molecule has 4 nitrogen and oxygen atoms in total. The smallest absolute Gasteiger partial charge is 0.335 e. The average molecular weight is 325 g/mol. The lowest BCUT2D eigenvalue weighted by Gasteiger charge is -2.20. The quantitative estimate of drug-likeness (QED) is 0.766. The van der Waals surface area contributed by atoms with E-state index >= 15 is 0 Å². The molecule has 1 N–H and O–H groups in total. The van der Waals surface area contributed by atoms with Crippen molar-refractivity contribution in [3.63, 3.8) is 0 Å². The van der Waals surface area contributed by atoms with Crippen LogP contribution < -0.4 is 0 Å². The van der Waals surface area contributed by atoms with Gasteiger partial charge in [0.15, 0.2) is 0 Å². The van der Waals surface area contributed by atoms with Gasteiger partial charge in [-0.2, -0.15) is 0 Å². The fraction of sp³-hybridized carbons (Fsp3) is 0.250. The molecule has 0 atom stereocenters. The lowest BCUT2D eigenvalue weighted by atomic mass is 10.1. The first-order valence-corrected chi connectivity index (χ1v) is 7.94. The summed E-state index contributed by atoms with van der Waals surface area (Å²) in [4.78, 5) is 13.2. The van der Waals surface area contributed by atoms with Gasteiger partial charge in [0.05, 0.1) is 12.2 Å². The average Bonchev–Trinajstić information content (AvgIpc) is 2.61. The zero-order valence-corrected chi connectivity index (χ0v) is 13.9. The van der Waals surface area contributed by atoms with Crippen LogP contribution in [-0.2, 0) is 11.3 Å². The second-order valence-corrected chi connectivity index (χ2v) is 5.54. The molecule has 2 rings (SSSR count). The van der Waals surface area contributed by atoms with Crippen molar-refractivity contribution < 1.29 is 14.6 Å². The second-order valence-electron chi connectivity index (χ2n) is 5.54. The Kier molecular flexibility index (Phi) is 7.21. The summed E-state index contributed by atoms with van der Waals surface area (Å²) < 4.78 is 5.18. The molecule has 2 aromatic rings. The van der Waals surface area contributed by atoms with Gasteiger partial charge in [-0.15, -0.1) is 0 Å². The molecule has 0 saturated carbocycles. The van der Waals surface area contributed by atoms with Gasteiger partial charge in [-0.25, -0.2) is 4.79 Å². The minimum absolute atomic E-state index is 0.311. The highest BCUT2D eigenvalue weighted by Crippen LogP contribution is 2.09. The van der Waals surface area contributed by atoms with Gasteiger partial charge >= 0.3 is 5.97 Å². The molecular formula is C20H23NO3. The van der Waals surface area contributed by atoms with E-state index < -0.39 is 5.97 Å². The Morgan fingerprint density at radius 2 is 1.83 bits per heavy atom. The number of rotatable bonds is 9. The van der Waals surface area contributed by atoms with Gasteiger partial charge in [-0.05, 0) is 23.3 Å². The van der Waals surface area contributed by atoms with Crippen LogP contribution in [0.3, 0.4) is 0 Å². The van der Waals surface area contributed by atoms with Crippen molar-refractivity contribution in [2.45, 2.75) is 6.54 Å². The van der Waals surface area contributed by atoms with E-state index in [-0.39, 0.29) is 0 Å². The van der Waals surface area contributed by atoms with Crippen molar-refractivity contribution in [2.24, 2.45) is 0 Å². The fourth-order valence-corrected chi connectivity index (χ4v) is 2.37. The Bertz CT molecular complexity index is 650. The van der Waals surface area contributed by atoms with Crippen molar-refractivity contribution in [1.82, 2.24) is 4.90 Å². The summed E-state index contributed by atoms with van der Waals surface area (Å²) in [5.41, 5.74) is 2.57. The van der Waals surface area contributed by atoms with Crippen LogP contribution in [0.15, 0.2) is 60.7 Å². The van der Waals surface area contributed by atoms with Crippen LogP contribution in [0.5, 0.6) is 0 Å². The largest absolute Gasteiger partial charge is 0.478 e. The highest BCUT2D eigenvalue weighted by Gasteiger charge is 2.06. The zero-order chi connectivity index (χ0) is 17.2. The standard InChI is InChI=1S/C20H23NO3/c1-24-15-14-21(13-5-8-17-6-3-2-4-7-17)16-18-9-11-19(12-10-18)20(22)23/h2-12H,13-16H2,1H3,(H,22,23)/b8-5+. The number of carbonyl (C=O) groups is 1. The molecule has 0 amide bonds. The summed E-state index contributed by atoms with van der Waals surface area (Å²) in [6.45, 7) is 3.03. The molecule has 0 spiro atoms.